The Balaban J connectivity index is 1.69. The number of hydrogen-bond donors (Lipinski definition) is 2. The van der Waals surface area contributed by atoms with Crippen LogP contribution in [0.4, 0.5) is 16.2 Å². The fraction of sp³-hybridized carbons (Fsp3) is 0.310. The number of benzene rings is 2. The van der Waals surface area contributed by atoms with Gasteiger partial charge in [0.2, 0.25) is 6.17 Å². The summed E-state index contributed by atoms with van der Waals surface area (Å²) in [5.74, 6) is 0.175. The number of hydrogen-bond acceptors (Lipinski definition) is 4. The fourth-order valence-corrected chi connectivity index (χ4v) is 4.23. The maximum atomic E-state index is 13.9. The summed E-state index contributed by atoms with van der Waals surface area (Å²) in [6, 6.07) is 18.7. The number of pyridine rings is 1. The first-order valence-electron chi connectivity index (χ1n) is 12.3. The molecule has 7 heteroatoms. The summed E-state index contributed by atoms with van der Waals surface area (Å²) >= 11 is 0. The highest BCUT2D eigenvalue weighted by Gasteiger charge is 2.33. The van der Waals surface area contributed by atoms with Crippen LogP contribution in [0.3, 0.4) is 0 Å². The number of urea groups is 1. The van der Waals surface area contributed by atoms with E-state index in [2.05, 4.69) is 29.5 Å². The second kappa shape index (κ2) is 11.2. The summed E-state index contributed by atoms with van der Waals surface area (Å²) in [7, 11) is 0. The van der Waals surface area contributed by atoms with Crippen molar-refractivity contribution >= 4 is 29.0 Å². The Hall–Kier alpha value is -4.00. The van der Waals surface area contributed by atoms with Gasteiger partial charge in [-0.05, 0) is 68.0 Å². The van der Waals surface area contributed by atoms with Gasteiger partial charge in [0.1, 0.15) is 0 Å². The quantitative estimate of drug-likeness (QED) is 0.457. The SMILES string of the molecule is Cc1cccc(NC(=O)N[C@@H]2N=C(CCC(C)C)c3ccccc3N(Cc3ncccc3C)C2=O)c1. The van der Waals surface area contributed by atoms with Crippen LogP contribution in [0.2, 0.25) is 0 Å². The lowest BCUT2D eigenvalue weighted by atomic mass is 9.99. The van der Waals surface area contributed by atoms with Crippen molar-refractivity contribution in [3.8, 4) is 0 Å². The van der Waals surface area contributed by atoms with E-state index in [1.54, 1.807) is 11.1 Å². The molecule has 0 bridgehead atoms. The largest absolute Gasteiger partial charge is 0.321 e. The van der Waals surface area contributed by atoms with Gasteiger partial charge in [0.15, 0.2) is 0 Å². The van der Waals surface area contributed by atoms with Gasteiger partial charge in [-0.25, -0.2) is 4.79 Å². The van der Waals surface area contributed by atoms with Gasteiger partial charge in [0, 0.05) is 23.2 Å². The lowest BCUT2D eigenvalue weighted by Crippen LogP contribution is -2.48. The van der Waals surface area contributed by atoms with Crippen molar-refractivity contribution in [3.05, 3.63) is 89.2 Å². The minimum atomic E-state index is -1.06. The predicted octanol–water partition coefficient (Wildman–Crippen LogP) is 5.62. The third kappa shape index (κ3) is 5.97. The van der Waals surface area contributed by atoms with Gasteiger partial charge in [0.05, 0.1) is 17.9 Å². The van der Waals surface area contributed by atoms with E-state index < -0.39 is 12.2 Å². The Bertz CT molecular complexity index is 1280. The monoisotopic (exact) mass is 483 g/mol. The van der Waals surface area contributed by atoms with Gasteiger partial charge in [-0.15, -0.1) is 0 Å². The van der Waals surface area contributed by atoms with Crippen LogP contribution in [-0.2, 0) is 11.3 Å². The fourth-order valence-electron chi connectivity index (χ4n) is 4.23. The number of benzodiazepines with no additional fused rings is 1. The summed E-state index contributed by atoms with van der Waals surface area (Å²) in [6.45, 7) is 8.54. The van der Waals surface area contributed by atoms with Crippen LogP contribution in [0.5, 0.6) is 0 Å². The molecule has 1 atom stereocenters. The number of fused-ring (bicyclic) bond motifs is 1. The highest BCUT2D eigenvalue weighted by Crippen LogP contribution is 2.29. The first kappa shape index (κ1) is 25.1. The molecule has 4 rings (SSSR count). The molecule has 1 aliphatic rings. The van der Waals surface area contributed by atoms with E-state index in [4.69, 9.17) is 4.99 Å². The number of rotatable bonds is 7. The zero-order valence-electron chi connectivity index (χ0n) is 21.3. The van der Waals surface area contributed by atoms with E-state index in [0.29, 0.717) is 18.0 Å². The lowest BCUT2D eigenvalue weighted by molar-refractivity contribution is -0.120. The molecular formula is C29H33N5O2. The van der Waals surface area contributed by atoms with Crippen molar-refractivity contribution in [2.75, 3.05) is 10.2 Å². The molecule has 0 saturated carbocycles. The van der Waals surface area contributed by atoms with Crippen LogP contribution in [0.15, 0.2) is 71.9 Å². The number of para-hydroxylation sites is 1. The molecule has 3 amide bonds. The van der Waals surface area contributed by atoms with Crippen LogP contribution in [0.25, 0.3) is 0 Å². The van der Waals surface area contributed by atoms with Crippen molar-refractivity contribution in [3.63, 3.8) is 0 Å². The number of aromatic nitrogens is 1. The standard InChI is InChI=1S/C29H33N5O2/c1-19(2)14-15-24-23-12-5-6-13-26(23)34(18-25-21(4)10-8-16-30-25)28(35)27(32-24)33-29(36)31-22-11-7-9-20(3)17-22/h5-13,16-17,19,27H,14-15,18H2,1-4H3,(H2,31,33,36)/t27-/m0/s1. The first-order valence-corrected chi connectivity index (χ1v) is 12.3. The van der Waals surface area contributed by atoms with Crippen molar-refractivity contribution in [2.45, 2.75) is 53.2 Å². The van der Waals surface area contributed by atoms with Crippen molar-refractivity contribution in [2.24, 2.45) is 10.9 Å². The Morgan fingerprint density at radius 2 is 1.86 bits per heavy atom. The third-order valence-electron chi connectivity index (χ3n) is 6.22. The number of nitrogens with zero attached hydrogens (tertiary/aromatic N) is 3. The van der Waals surface area contributed by atoms with Crippen LogP contribution < -0.4 is 15.5 Å². The molecule has 2 aromatic carbocycles. The van der Waals surface area contributed by atoms with E-state index in [0.717, 1.165) is 40.2 Å². The molecule has 0 unspecified atom stereocenters. The van der Waals surface area contributed by atoms with E-state index in [9.17, 15) is 9.59 Å². The van der Waals surface area contributed by atoms with Gasteiger partial charge in [0.25, 0.3) is 5.91 Å². The van der Waals surface area contributed by atoms with Gasteiger partial charge in [-0.3, -0.25) is 14.8 Å². The highest BCUT2D eigenvalue weighted by atomic mass is 16.2. The normalized spacial score (nSPS) is 15.2. The third-order valence-corrected chi connectivity index (χ3v) is 6.22. The van der Waals surface area contributed by atoms with Gasteiger partial charge in [-0.1, -0.05) is 50.2 Å². The van der Waals surface area contributed by atoms with Crippen LogP contribution in [0.1, 0.15) is 49.1 Å². The molecule has 2 N–H and O–H groups in total. The molecule has 1 aromatic heterocycles. The topological polar surface area (TPSA) is 86.7 Å². The smallest absolute Gasteiger partial charge is 0.308 e. The first-order chi connectivity index (χ1) is 17.3. The summed E-state index contributed by atoms with van der Waals surface area (Å²) in [4.78, 5) is 37.9. The number of carbonyl (C=O) groups is 2. The Kier molecular flexibility index (Phi) is 7.78. The van der Waals surface area contributed by atoms with Crippen molar-refractivity contribution < 1.29 is 9.59 Å². The van der Waals surface area contributed by atoms with E-state index >= 15 is 0 Å². The van der Waals surface area contributed by atoms with Gasteiger partial charge >= 0.3 is 6.03 Å². The molecule has 7 nitrogen and oxygen atoms in total. The van der Waals surface area contributed by atoms with E-state index in [1.165, 1.54) is 0 Å². The van der Waals surface area contributed by atoms with E-state index in [-0.39, 0.29) is 12.5 Å². The zero-order valence-corrected chi connectivity index (χ0v) is 21.3. The molecule has 36 heavy (non-hydrogen) atoms. The van der Waals surface area contributed by atoms with E-state index in [1.807, 2.05) is 74.5 Å². The van der Waals surface area contributed by atoms with Crippen molar-refractivity contribution in [1.29, 1.82) is 0 Å². The molecular weight excluding hydrogens is 450 g/mol. The number of aliphatic imine (C=N–C) groups is 1. The second-order valence-corrected chi connectivity index (χ2v) is 9.59. The lowest BCUT2D eigenvalue weighted by Gasteiger charge is -2.26. The number of carbonyl (C=O) groups excluding carboxylic acids is 2. The average Bonchev–Trinajstić information content (AvgIpc) is 2.94. The van der Waals surface area contributed by atoms with Crippen LogP contribution in [0, 0.1) is 19.8 Å². The maximum Gasteiger partial charge on any atom is 0.321 e. The molecule has 0 spiro atoms. The number of amides is 3. The maximum absolute atomic E-state index is 13.9. The summed E-state index contributed by atoms with van der Waals surface area (Å²) in [5.41, 5.74) is 5.97. The highest BCUT2D eigenvalue weighted by molar-refractivity contribution is 6.13. The minimum Gasteiger partial charge on any atom is -0.308 e. The second-order valence-electron chi connectivity index (χ2n) is 9.59. The van der Waals surface area contributed by atoms with Gasteiger partial charge < -0.3 is 15.5 Å². The van der Waals surface area contributed by atoms with Gasteiger partial charge in [-0.2, -0.15) is 0 Å². The molecule has 0 saturated heterocycles. The molecule has 0 radical (unpaired) electrons. The number of aryl methyl sites for hydroxylation is 2. The zero-order chi connectivity index (χ0) is 25.7. The van der Waals surface area contributed by atoms with Crippen LogP contribution in [-0.4, -0.2) is 28.8 Å². The molecule has 0 fully saturated rings. The summed E-state index contributed by atoms with van der Waals surface area (Å²) in [5, 5.41) is 5.64. The van der Waals surface area contributed by atoms with Crippen LogP contribution >= 0.6 is 0 Å². The summed E-state index contributed by atoms with van der Waals surface area (Å²) in [6.07, 6.45) is 2.29. The molecule has 3 aromatic rings. The summed E-state index contributed by atoms with van der Waals surface area (Å²) < 4.78 is 0. The molecule has 0 aliphatic carbocycles. The Morgan fingerprint density at radius 1 is 1.06 bits per heavy atom. The molecule has 1 aliphatic heterocycles. The Labute approximate surface area is 212 Å². The number of anilines is 2. The van der Waals surface area contributed by atoms with Crippen molar-refractivity contribution in [1.82, 2.24) is 10.3 Å². The average molecular weight is 484 g/mol. The predicted molar refractivity (Wildman–Crippen MR) is 144 cm³/mol. The minimum absolute atomic E-state index is 0.285. The number of nitrogens with one attached hydrogen (secondary N) is 2. The Morgan fingerprint density at radius 3 is 2.61 bits per heavy atom. The molecule has 2 heterocycles. The molecule has 186 valence electrons.